The van der Waals surface area contributed by atoms with Gasteiger partial charge in [-0.25, -0.2) is 0 Å². The van der Waals surface area contributed by atoms with E-state index in [1.165, 1.54) is 4.57 Å². The van der Waals surface area contributed by atoms with Crippen LogP contribution in [0.4, 0.5) is 5.82 Å². The first-order valence-corrected chi connectivity index (χ1v) is 5.39. The minimum absolute atomic E-state index is 0. The molecule has 0 amide bonds. The predicted octanol–water partition coefficient (Wildman–Crippen LogP) is 2.20. The minimum atomic E-state index is -0.208. The van der Waals surface area contributed by atoms with Gasteiger partial charge in [0.25, 0.3) is 0 Å². The Morgan fingerprint density at radius 1 is 1.53 bits per heavy atom. The molecule has 0 aliphatic heterocycles. The molecular weight excluding hydrogens is 357 g/mol. The summed E-state index contributed by atoms with van der Waals surface area (Å²) in [5.41, 5.74) is 7.30. The number of aromatic nitrogens is 1. The molecule has 15 heavy (non-hydrogen) atoms. The molecule has 0 radical (unpaired) electrons. The van der Waals surface area contributed by atoms with Crippen molar-refractivity contribution in [3.63, 3.8) is 0 Å². The van der Waals surface area contributed by atoms with Gasteiger partial charge in [0.05, 0.1) is 10.4 Å². The fourth-order valence-electron chi connectivity index (χ4n) is 0.994. The van der Waals surface area contributed by atoms with Crippen LogP contribution in [0.15, 0.2) is 21.4 Å². The topological polar surface area (TPSA) is 55.0 Å². The van der Waals surface area contributed by atoms with Gasteiger partial charge in [0, 0.05) is 6.61 Å². The summed E-state index contributed by atoms with van der Waals surface area (Å²) in [4.78, 5) is 11.5. The summed E-state index contributed by atoms with van der Waals surface area (Å²) in [5.74, 6) is 0.497. The summed E-state index contributed by atoms with van der Waals surface area (Å²) >= 11 is 6.99. The Balaban J connectivity index is 0.00000196. The maximum absolute atomic E-state index is 11.5. The Labute approximate surface area is 127 Å². The van der Waals surface area contributed by atoms with Gasteiger partial charge in [-0.15, -0.1) is 0 Å². The second kappa shape index (κ2) is 7.84. The van der Waals surface area contributed by atoms with E-state index in [1.807, 2.05) is 0 Å². The summed E-state index contributed by atoms with van der Waals surface area (Å²) in [6, 6.07) is 3.13. The van der Waals surface area contributed by atoms with Crippen LogP contribution in [0.1, 0.15) is 0 Å². The molecule has 0 unspecified atom stereocenters. The summed E-state index contributed by atoms with van der Waals surface area (Å²) in [6.45, 7) is 0.753. The number of halogens is 1. The third kappa shape index (κ3) is 4.57. The molecule has 0 aliphatic rings. The van der Waals surface area contributed by atoms with Crippen LogP contribution < -0.4 is 5.56 Å². The van der Waals surface area contributed by atoms with E-state index in [4.69, 9.17) is 10.5 Å². The molecule has 0 aliphatic carbocycles. The molecule has 4 nitrogen and oxygen atoms in total. The van der Waals surface area contributed by atoms with Gasteiger partial charge in [0.1, 0.15) is 0 Å². The monoisotopic (exact) mass is 366 g/mol. The molecule has 1 aromatic heterocycles. The number of pyridine rings is 1. The van der Waals surface area contributed by atoms with Crippen molar-refractivity contribution in [1.82, 2.24) is 4.57 Å². The van der Waals surface area contributed by atoms with E-state index in [1.54, 1.807) is 12.1 Å². The SMILES string of the molecule is [NH-]c1ccc(Br)c(=O)n1CCOCS.[Y+3]. The second-order valence-corrected chi connectivity index (χ2v) is 3.67. The molecule has 0 atom stereocenters. The molecular formula is C8H10BrN2O2SY+2. The summed E-state index contributed by atoms with van der Waals surface area (Å²) in [6.07, 6.45) is 0. The number of nitrogens with one attached hydrogen (secondary N) is 1. The average Bonchev–Trinajstić information content (AvgIpc) is 2.18. The van der Waals surface area contributed by atoms with Crippen molar-refractivity contribution in [3.05, 3.63) is 32.7 Å². The van der Waals surface area contributed by atoms with Gasteiger partial charge in [0.2, 0.25) is 0 Å². The molecule has 7 heteroatoms. The molecule has 1 rings (SSSR count). The Morgan fingerprint density at radius 3 is 2.80 bits per heavy atom. The number of ether oxygens (including phenoxy) is 1. The first-order chi connectivity index (χ1) is 6.66. The third-order valence-electron chi connectivity index (χ3n) is 1.68. The molecule has 1 aromatic rings. The normalized spacial score (nSPS) is 9.73. The van der Waals surface area contributed by atoms with E-state index < -0.39 is 0 Å². The first-order valence-electron chi connectivity index (χ1n) is 3.96. The van der Waals surface area contributed by atoms with Crippen LogP contribution in [-0.2, 0) is 44.0 Å². The smallest absolute Gasteiger partial charge is 0.482 e. The van der Waals surface area contributed by atoms with Gasteiger partial charge >= 0.3 is 32.7 Å². The number of nitrogens with zero attached hydrogens (tertiary/aromatic N) is 1. The zero-order valence-electron chi connectivity index (χ0n) is 7.94. The minimum Gasteiger partial charge on any atom is -0.482 e. The molecule has 1 N–H and O–H groups in total. The van der Waals surface area contributed by atoms with Gasteiger partial charge in [-0.1, -0.05) is 11.9 Å². The average molecular weight is 367 g/mol. The van der Waals surface area contributed by atoms with Crippen LogP contribution in [-0.4, -0.2) is 17.1 Å². The fraction of sp³-hybridized carbons (Fsp3) is 0.375. The molecule has 0 spiro atoms. The molecule has 1 heterocycles. The van der Waals surface area contributed by atoms with Crippen molar-refractivity contribution in [2.75, 3.05) is 12.5 Å². The van der Waals surface area contributed by atoms with Crippen LogP contribution in [0.2, 0.25) is 0 Å². The van der Waals surface area contributed by atoms with E-state index in [9.17, 15) is 4.79 Å². The predicted molar refractivity (Wildman–Crippen MR) is 62.2 cm³/mol. The van der Waals surface area contributed by atoms with Crippen molar-refractivity contribution in [2.24, 2.45) is 0 Å². The molecule has 0 aromatic carbocycles. The van der Waals surface area contributed by atoms with E-state index >= 15 is 0 Å². The third-order valence-corrected chi connectivity index (χ3v) is 2.46. The van der Waals surface area contributed by atoms with Crippen molar-refractivity contribution in [3.8, 4) is 0 Å². The van der Waals surface area contributed by atoms with Crippen molar-refractivity contribution >= 4 is 34.4 Å². The van der Waals surface area contributed by atoms with Crippen LogP contribution >= 0.6 is 28.6 Å². The van der Waals surface area contributed by atoms with Crippen LogP contribution in [0.5, 0.6) is 0 Å². The molecule has 78 valence electrons. The summed E-state index contributed by atoms with van der Waals surface area (Å²) in [7, 11) is 0. The maximum atomic E-state index is 11.5. The van der Waals surface area contributed by atoms with Gasteiger partial charge in [0.15, 0.2) is 5.56 Å². The number of hydrogen-bond donors (Lipinski definition) is 1. The van der Waals surface area contributed by atoms with E-state index in [-0.39, 0.29) is 44.1 Å². The number of hydrogen-bond acceptors (Lipinski definition) is 3. The van der Waals surface area contributed by atoms with Crippen LogP contribution in [0.3, 0.4) is 0 Å². The molecule has 0 bridgehead atoms. The van der Waals surface area contributed by atoms with Gasteiger partial charge in [-0.3, -0.25) is 4.79 Å². The standard InChI is InChI=1S/C8H11BrN2O2S.Y/c9-6-1-2-7(10)11(8(6)12)3-4-13-5-14;/h1-2H,3-5H2,(H3,10,12,14);/q;+3/p-1. The zero-order valence-corrected chi connectivity index (χ0v) is 13.3. The molecule has 0 saturated heterocycles. The Bertz CT molecular complexity index is 372. The zero-order chi connectivity index (χ0) is 10.6. The Hall–Kier alpha value is 0.644. The van der Waals surface area contributed by atoms with Gasteiger partial charge in [-0.05, 0) is 28.5 Å². The summed E-state index contributed by atoms with van der Waals surface area (Å²) in [5, 5.41) is 0. The van der Waals surface area contributed by atoms with Crippen LogP contribution in [0, 0.1) is 0 Å². The van der Waals surface area contributed by atoms with Crippen molar-refractivity contribution in [2.45, 2.75) is 6.54 Å². The number of rotatable bonds is 4. The quantitative estimate of drug-likeness (QED) is 0.504. The maximum Gasteiger partial charge on any atom is 3.00 e. The van der Waals surface area contributed by atoms with E-state index in [0.717, 1.165) is 0 Å². The van der Waals surface area contributed by atoms with Gasteiger partial charge in [-0.2, -0.15) is 12.6 Å². The van der Waals surface area contributed by atoms with Crippen molar-refractivity contribution in [1.29, 1.82) is 0 Å². The summed E-state index contributed by atoms with van der Waals surface area (Å²) < 4.78 is 6.79. The van der Waals surface area contributed by atoms with Crippen molar-refractivity contribution < 1.29 is 37.4 Å². The fourth-order valence-corrected chi connectivity index (χ4v) is 1.47. The number of thiol groups is 1. The Kier molecular flexibility index (Phi) is 8.18. The second-order valence-electron chi connectivity index (χ2n) is 2.56. The molecule has 0 saturated carbocycles. The van der Waals surface area contributed by atoms with Crippen LogP contribution in [0.25, 0.3) is 5.73 Å². The van der Waals surface area contributed by atoms with Gasteiger partial charge < -0.3 is 15.0 Å². The van der Waals surface area contributed by atoms with E-state index in [0.29, 0.717) is 23.6 Å². The van der Waals surface area contributed by atoms with E-state index in [2.05, 4.69) is 28.6 Å². The Morgan fingerprint density at radius 2 is 2.20 bits per heavy atom. The molecule has 0 fully saturated rings. The largest absolute Gasteiger partial charge is 3.00 e. The first kappa shape index (κ1) is 15.6.